The van der Waals surface area contributed by atoms with Crippen LogP contribution in [0.4, 0.5) is 0 Å². The Hall–Kier alpha value is -0.690. The fourth-order valence-electron chi connectivity index (χ4n) is 8.76. The lowest BCUT2D eigenvalue weighted by Gasteiger charge is -2.63. The van der Waals surface area contributed by atoms with Crippen molar-refractivity contribution in [2.45, 2.75) is 96.9 Å². The van der Waals surface area contributed by atoms with Gasteiger partial charge >= 0.3 is 0 Å². The number of nitrogens with one attached hydrogen (secondary N) is 1. The van der Waals surface area contributed by atoms with Crippen LogP contribution in [0, 0.1) is 46.3 Å². The van der Waals surface area contributed by atoms with Crippen LogP contribution in [-0.4, -0.2) is 39.5 Å². The van der Waals surface area contributed by atoms with Gasteiger partial charge in [0.05, 0.1) is 18.3 Å². The second-order valence-corrected chi connectivity index (χ2v) is 11.6. The predicted molar refractivity (Wildman–Crippen MR) is 115 cm³/mol. The average molecular weight is 423 g/mol. The highest BCUT2D eigenvalue weighted by atomic mass is 16.3. The molecule has 0 aliphatic heterocycles. The summed E-state index contributed by atoms with van der Waals surface area (Å²) in [6.45, 7) is 6.82. The Labute approximate surface area is 181 Å². The van der Waals surface area contributed by atoms with Gasteiger partial charge in [-0.05, 0) is 97.7 Å². The summed E-state index contributed by atoms with van der Waals surface area (Å²) in [6.07, 6.45) is 6.50. The molecule has 1 amide bonds. The number of carbonyl (C=O) groups excluding carboxylic acids is 1. The smallest absolute Gasteiger partial charge is 0.233 e. The highest BCUT2D eigenvalue weighted by molar-refractivity contribution is 5.75. The number of hydrazine groups is 1. The van der Waals surface area contributed by atoms with Crippen molar-refractivity contribution in [3.63, 3.8) is 0 Å². The summed E-state index contributed by atoms with van der Waals surface area (Å²) in [7, 11) is 0. The Bertz CT molecular complexity index is 659. The third-order valence-corrected chi connectivity index (χ3v) is 10.5. The van der Waals surface area contributed by atoms with Crippen molar-refractivity contribution in [1.29, 1.82) is 0 Å². The molecule has 0 saturated heterocycles. The van der Waals surface area contributed by atoms with Crippen molar-refractivity contribution >= 4 is 5.91 Å². The van der Waals surface area contributed by atoms with Crippen molar-refractivity contribution in [2.24, 2.45) is 52.2 Å². The molecule has 0 unspecified atom stereocenters. The maximum Gasteiger partial charge on any atom is 0.233 e. The first-order chi connectivity index (χ1) is 14.1. The van der Waals surface area contributed by atoms with Crippen molar-refractivity contribution in [3.8, 4) is 0 Å². The van der Waals surface area contributed by atoms with Crippen LogP contribution in [0.15, 0.2) is 0 Å². The number of aliphatic hydroxyl groups excluding tert-OH is 3. The van der Waals surface area contributed by atoms with Gasteiger partial charge in [-0.15, -0.1) is 0 Å². The molecule has 4 fully saturated rings. The predicted octanol–water partition coefficient (Wildman–Crippen LogP) is 2.35. The van der Waals surface area contributed by atoms with Crippen molar-refractivity contribution in [1.82, 2.24) is 5.43 Å². The molecule has 0 spiro atoms. The van der Waals surface area contributed by atoms with Gasteiger partial charge in [0.1, 0.15) is 0 Å². The maximum atomic E-state index is 11.6. The molecule has 0 heterocycles. The number of rotatable bonds is 4. The van der Waals surface area contributed by atoms with E-state index in [1.165, 1.54) is 0 Å². The van der Waals surface area contributed by atoms with Crippen LogP contribution in [-0.2, 0) is 4.79 Å². The SMILES string of the molecule is C[C@@H](CCC(=O)NN)[C@H]1CC[C@H]2[C@@H]3[C@H](O)C[C@H]4C[C@@H](O)CC[C@]4(C)[C@H]3C[C@@H](O)[C@]12C. The van der Waals surface area contributed by atoms with Gasteiger partial charge in [0.25, 0.3) is 0 Å². The molecule has 0 aromatic heterocycles. The Morgan fingerprint density at radius 1 is 1.10 bits per heavy atom. The van der Waals surface area contributed by atoms with E-state index in [0.29, 0.717) is 36.0 Å². The number of carbonyl (C=O) groups is 1. The van der Waals surface area contributed by atoms with Gasteiger partial charge in [0.15, 0.2) is 0 Å². The first kappa shape index (κ1) is 22.5. The summed E-state index contributed by atoms with van der Waals surface area (Å²) in [5, 5.41) is 33.1. The van der Waals surface area contributed by atoms with Crippen molar-refractivity contribution in [3.05, 3.63) is 0 Å². The molecule has 30 heavy (non-hydrogen) atoms. The van der Waals surface area contributed by atoms with Gasteiger partial charge in [-0.1, -0.05) is 20.8 Å². The van der Waals surface area contributed by atoms with Crippen LogP contribution in [0.2, 0.25) is 0 Å². The quantitative estimate of drug-likeness (QED) is 0.271. The van der Waals surface area contributed by atoms with E-state index in [0.717, 1.165) is 51.4 Å². The number of fused-ring (bicyclic) bond motifs is 5. The minimum Gasteiger partial charge on any atom is -0.393 e. The van der Waals surface area contributed by atoms with E-state index in [2.05, 4.69) is 26.2 Å². The fraction of sp³-hybridized carbons (Fsp3) is 0.958. The molecule has 0 bridgehead atoms. The van der Waals surface area contributed by atoms with Gasteiger partial charge < -0.3 is 15.3 Å². The lowest BCUT2D eigenvalue weighted by Crippen LogP contribution is -2.62. The molecule has 6 N–H and O–H groups in total. The molecule has 0 aromatic rings. The summed E-state index contributed by atoms with van der Waals surface area (Å²) in [5.74, 6) is 7.03. The first-order valence-electron chi connectivity index (χ1n) is 12.2. The molecular formula is C24H42N2O4. The summed E-state index contributed by atoms with van der Waals surface area (Å²) in [4.78, 5) is 11.6. The molecule has 4 rings (SSSR count). The van der Waals surface area contributed by atoms with E-state index >= 15 is 0 Å². The van der Waals surface area contributed by atoms with Gasteiger partial charge in [0.2, 0.25) is 5.91 Å². The first-order valence-corrected chi connectivity index (χ1v) is 12.2. The van der Waals surface area contributed by atoms with Crippen molar-refractivity contribution in [2.75, 3.05) is 0 Å². The third-order valence-electron chi connectivity index (χ3n) is 10.5. The summed E-state index contributed by atoms with van der Waals surface area (Å²) < 4.78 is 0. The Kier molecular flexibility index (Phi) is 6.02. The van der Waals surface area contributed by atoms with E-state index < -0.39 is 0 Å². The highest BCUT2D eigenvalue weighted by Gasteiger charge is 2.65. The van der Waals surface area contributed by atoms with E-state index in [-0.39, 0.29) is 41.0 Å². The number of aliphatic hydroxyl groups is 3. The zero-order chi connectivity index (χ0) is 21.8. The van der Waals surface area contributed by atoms with Crippen LogP contribution in [0.5, 0.6) is 0 Å². The third kappa shape index (κ3) is 3.33. The fourth-order valence-corrected chi connectivity index (χ4v) is 8.76. The molecule has 4 aliphatic carbocycles. The Morgan fingerprint density at radius 3 is 2.53 bits per heavy atom. The lowest BCUT2D eigenvalue weighted by molar-refractivity contribution is -0.207. The molecule has 6 nitrogen and oxygen atoms in total. The molecule has 4 aliphatic rings. The van der Waals surface area contributed by atoms with Crippen LogP contribution in [0.25, 0.3) is 0 Å². The number of amides is 1. The van der Waals surface area contributed by atoms with Gasteiger partial charge in [0, 0.05) is 6.42 Å². The van der Waals surface area contributed by atoms with Crippen LogP contribution in [0.3, 0.4) is 0 Å². The summed E-state index contributed by atoms with van der Waals surface area (Å²) >= 11 is 0. The maximum absolute atomic E-state index is 11.6. The number of hydrogen-bond donors (Lipinski definition) is 5. The summed E-state index contributed by atoms with van der Waals surface area (Å²) in [6, 6.07) is 0. The van der Waals surface area contributed by atoms with Crippen LogP contribution >= 0.6 is 0 Å². The van der Waals surface area contributed by atoms with Gasteiger partial charge in [-0.2, -0.15) is 0 Å². The summed E-state index contributed by atoms with van der Waals surface area (Å²) in [5.41, 5.74) is 2.12. The van der Waals surface area contributed by atoms with Crippen molar-refractivity contribution < 1.29 is 20.1 Å². The van der Waals surface area contributed by atoms with E-state index in [1.54, 1.807) is 0 Å². The Balaban J connectivity index is 1.58. The largest absolute Gasteiger partial charge is 0.393 e. The lowest BCUT2D eigenvalue weighted by atomic mass is 9.43. The molecule has 0 radical (unpaired) electrons. The molecule has 6 heteroatoms. The topological polar surface area (TPSA) is 116 Å². The average Bonchev–Trinajstić information content (AvgIpc) is 3.06. The van der Waals surface area contributed by atoms with E-state index in [1.807, 2.05) is 0 Å². The van der Waals surface area contributed by atoms with Crippen LogP contribution in [0.1, 0.15) is 78.6 Å². The standard InChI is InChI=1S/C24H42N2O4/c1-13(4-7-21(30)26-25)16-5-6-17-22-18(12-20(29)24(16,17)3)23(2)9-8-15(27)10-14(23)11-19(22)28/h13-20,22,27-29H,4-12,25H2,1-3H3,(H,26,30)/t13-,14+,15-,16+,17-,18-,19+,20+,22-,23-,24+/m0/s1. The molecular weight excluding hydrogens is 380 g/mol. The van der Waals surface area contributed by atoms with Crippen LogP contribution < -0.4 is 11.3 Å². The van der Waals surface area contributed by atoms with Gasteiger partial charge in [-0.3, -0.25) is 10.2 Å². The second kappa shape index (κ2) is 8.02. The minimum absolute atomic E-state index is 0.106. The molecule has 0 aromatic carbocycles. The van der Waals surface area contributed by atoms with E-state index in [4.69, 9.17) is 5.84 Å². The highest BCUT2D eigenvalue weighted by Crippen LogP contribution is 2.68. The zero-order valence-electron chi connectivity index (χ0n) is 18.9. The number of nitrogens with two attached hydrogens (primary N) is 1. The second-order valence-electron chi connectivity index (χ2n) is 11.6. The molecule has 172 valence electrons. The molecule has 4 saturated carbocycles. The zero-order valence-corrected chi connectivity index (χ0v) is 18.9. The normalized spacial score (nSPS) is 51.4. The van der Waals surface area contributed by atoms with E-state index in [9.17, 15) is 20.1 Å². The molecule has 11 atom stereocenters. The minimum atomic E-state index is -0.378. The van der Waals surface area contributed by atoms with Gasteiger partial charge in [-0.25, -0.2) is 5.84 Å². The monoisotopic (exact) mass is 422 g/mol. The Morgan fingerprint density at radius 2 is 1.83 bits per heavy atom. The number of hydrogen-bond acceptors (Lipinski definition) is 5.